The fourth-order valence-electron chi connectivity index (χ4n) is 4.23. The normalized spacial score (nSPS) is 42.2. The van der Waals surface area contributed by atoms with E-state index in [0.29, 0.717) is 12.2 Å². The van der Waals surface area contributed by atoms with Crippen LogP contribution in [0.4, 0.5) is 0 Å². The van der Waals surface area contributed by atoms with Gasteiger partial charge in [0, 0.05) is 11.5 Å². The minimum Gasteiger partial charge on any atom is -0.459 e. The Morgan fingerprint density at radius 2 is 2.08 bits per heavy atom. The number of carbonyl (C=O) groups is 2. The summed E-state index contributed by atoms with van der Waals surface area (Å²) in [4.78, 5) is 24.7. The molecule has 0 unspecified atom stereocenters. The Kier molecular flexibility index (Phi) is 4.23. The van der Waals surface area contributed by atoms with Gasteiger partial charge < -0.3 is 9.47 Å². The maximum absolute atomic E-state index is 12.5. The number of hydrogen-bond acceptors (Lipinski definition) is 4. The van der Waals surface area contributed by atoms with Gasteiger partial charge in [-0.3, -0.25) is 4.79 Å². The molecule has 0 N–H and O–H groups in total. The van der Waals surface area contributed by atoms with Crippen LogP contribution in [-0.4, -0.2) is 30.1 Å². The molecule has 0 aromatic rings. The van der Waals surface area contributed by atoms with Crippen molar-refractivity contribution in [2.24, 2.45) is 17.3 Å². The number of ketones is 1. The molecule has 24 heavy (non-hydrogen) atoms. The van der Waals surface area contributed by atoms with Crippen LogP contribution in [0.2, 0.25) is 0 Å². The SMILES string of the molecule is C/C=C(/C)C(=O)O[C@@H]1CCC2=CC(=O)[C@H]([C@@]3(C)CO3)C[C@]2(C)[C@H]1C. The molecule has 0 aromatic heterocycles. The highest BCUT2D eigenvalue weighted by Gasteiger charge is 2.57. The van der Waals surface area contributed by atoms with Crippen LogP contribution in [0, 0.1) is 17.3 Å². The third-order valence-corrected chi connectivity index (χ3v) is 6.63. The predicted octanol–water partition coefficient (Wildman–Crippen LogP) is 3.60. The van der Waals surface area contributed by atoms with Crippen LogP contribution in [0.15, 0.2) is 23.3 Å². The van der Waals surface area contributed by atoms with Gasteiger partial charge in [-0.2, -0.15) is 0 Å². The second-order valence-corrected chi connectivity index (χ2v) is 8.09. The Morgan fingerprint density at radius 1 is 1.42 bits per heavy atom. The van der Waals surface area contributed by atoms with Gasteiger partial charge in [0.15, 0.2) is 5.78 Å². The summed E-state index contributed by atoms with van der Waals surface area (Å²) < 4.78 is 11.3. The molecule has 2 fully saturated rings. The molecule has 1 aliphatic heterocycles. The fourth-order valence-corrected chi connectivity index (χ4v) is 4.23. The maximum atomic E-state index is 12.5. The Labute approximate surface area is 144 Å². The number of esters is 1. The van der Waals surface area contributed by atoms with Crippen molar-refractivity contribution in [1.29, 1.82) is 0 Å². The van der Waals surface area contributed by atoms with Crippen molar-refractivity contribution in [1.82, 2.24) is 0 Å². The predicted molar refractivity (Wildman–Crippen MR) is 91.4 cm³/mol. The molecule has 3 rings (SSSR count). The summed E-state index contributed by atoms with van der Waals surface area (Å²) in [6, 6.07) is 0. The van der Waals surface area contributed by atoms with Crippen LogP contribution >= 0.6 is 0 Å². The third-order valence-electron chi connectivity index (χ3n) is 6.63. The van der Waals surface area contributed by atoms with Crippen LogP contribution in [0.3, 0.4) is 0 Å². The van der Waals surface area contributed by atoms with Crippen LogP contribution in [0.25, 0.3) is 0 Å². The average molecular weight is 332 g/mol. The van der Waals surface area contributed by atoms with Gasteiger partial charge in [0.25, 0.3) is 0 Å². The number of carbonyl (C=O) groups excluding carboxylic acids is 2. The van der Waals surface area contributed by atoms with Crippen molar-refractivity contribution in [3.8, 4) is 0 Å². The Morgan fingerprint density at radius 3 is 2.67 bits per heavy atom. The summed E-state index contributed by atoms with van der Waals surface area (Å²) in [5, 5.41) is 0. The van der Waals surface area contributed by atoms with Crippen molar-refractivity contribution >= 4 is 11.8 Å². The summed E-state index contributed by atoms with van der Waals surface area (Å²) in [5.41, 5.74) is 1.45. The number of hydrogen-bond donors (Lipinski definition) is 0. The summed E-state index contributed by atoms with van der Waals surface area (Å²) in [5.74, 6) is 0.0747. The highest BCUT2D eigenvalue weighted by molar-refractivity contribution is 5.95. The van der Waals surface area contributed by atoms with Crippen molar-refractivity contribution < 1.29 is 19.1 Å². The first kappa shape index (κ1) is 17.4. The standard InChI is InChI=1S/C20H28O4/c1-6-12(2)18(22)24-17-8-7-14-9-16(21)15(20(5)11-23-20)10-19(14,4)13(17)3/h6,9,13,15,17H,7-8,10-11H2,1-5H3/b12-6-/t13-,15+,17+,19+,20+/m0/s1. The monoisotopic (exact) mass is 332 g/mol. The molecule has 0 aromatic carbocycles. The molecule has 0 bridgehead atoms. The van der Waals surface area contributed by atoms with Gasteiger partial charge in [-0.1, -0.05) is 25.5 Å². The molecule has 0 spiro atoms. The number of epoxide rings is 1. The molecule has 0 radical (unpaired) electrons. The van der Waals surface area contributed by atoms with Gasteiger partial charge in [0.05, 0.1) is 18.1 Å². The van der Waals surface area contributed by atoms with E-state index in [9.17, 15) is 9.59 Å². The molecule has 1 saturated heterocycles. The van der Waals surface area contributed by atoms with E-state index in [2.05, 4.69) is 13.8 Å². The fraction of sp³-hybridized carbons (Fsp3) is 0.700. The number of allylic oxidation sites excluding steroid dienone is 3. The number of rotatable bonds is 3. The van der Waals surface area contributed by atoms with Gasteiger partial charge in [0.2, 0.25) is 0 Å². The van der Waals surface area contributed by atoms with Gasteiger partial charge in [-0.25, -0.2) is 4.79 Å². The van der Waals surface area contributed by atoms with Crippen LogP contribution in [0.1, 0.15) is 53.9 Å². The van der Waals surface area contributed by atoms with Gasteiger partial charge >= 0.3 is 5.97 Å². The van der Waals surface area contributed by atoms with Crippen LogP contribution < -0.4 is 0 Å². The maximum Gasteiger partial charge on any atom is 0.333 e. The van der Waals surface area contributed by atoms with Crippen LogP contribution in [0.5, 0.6) is 0 Å². The second kappa shape index (κ2) is 5.83. The van der Waals surface area contributed by atoms with E-state index in [0.717, 1.165) is 19.3 Å². The quantitative estimate of drug-likeness (QED) is 0.450. The summed E-state index contributed by atoms with van der Waals surface area (Å²) in [6.07, 6.45) is 5.93. The molecule has 5 atom stereocenters. The Bertz CT molecular complexity index is 626. The lowest BCUT2D eigenvalue weighted by Crippen LogP contribution is -2.48. The zero-order valence-corrected chi connectivity index (χ0v) is 15.3. The molecule has 1 heterocycles. The molecule has 132 valence electrons. The second-order valence-electron chi connectivity index (χ2n) is 8.09. The average Bonchev–Trinajstić information content (AvgIpc) is 3.29. The molecule has 4 heteroatoms. The van der Waals surface area contributed by atoms with Gasteiger partial charge in [0.1, 0.15) is 6.10 Å². The highest BCUT2D eigenvalue weighted by Crippen LogP contribution is 2.55. The Balaban J connectivity index is 1.82. The van der Waals surface area contributed by atoms with Gasteiger partial charge in [-0.15, -0.1) is 0 Å². The van der Waals surface area contributed by atoms with E-state index in [-0.39, 0.29) is 40.7 Å². The zero-order valence-electron chi connectivity index (χ0n) is 15.3. The van der Waals surface area contributed by atoms with Crippen molar-refractivity contribution in [2.75, 3.05) is 6.61 Å². The van der Waals surface area contributed by atoms with Crippen molar-refractivity contribution in [3.63, 3.8) is 0 Å². The van der Waals surface area contributed by atoms with Gasteiger partial charge in [-0.05, 0) is 51.5 Å². The molecular weight excluding hydrogens is 304 g/mol. The lowest BCUT2D eigenvalue weighted by Gasteiger charge is -2.49. The zero-order chi connectivity index (χ0) is 17.7. The molecule has 3 aliphatic rings. The number of ether oxygens (including phenoxy) is 2. The van der Waals surface area contributed by atoms with Crippen LogP contribution in [-0.2, 0) is 19.1 Å². The smallest absolute Gasteiger partial charge is 0.333 e. The van der Waals surface area contributed by atoms with E-state index in [1.807, 2.05) is 19.9 Å². The van der Waals surface area contributed by atoms with Crippen molar-refractivity contribution in [3.05, 3.63) is 23.3 Å². The summed E-state index contributed by atoms with van der Waals surface area (Å²) in [7, 11) is 0. The van der Waals surface area contributed by atoms with Crippen molar-refractivity contribution in [2.45, 2.75) is 65.6 Å². The Hall–Kier alpha value is -1.42. The first-order valence-corrected chi connectivity index (χ1v) is 8.94. The minimum absolute atomic E-state index is 0.0829. The first-order valence-electron chi connectivity index (χ1n) is 8.94. The number of fused-ring (bicyclic) bond motifs is 1. The van der Waals surface area contributed by atoms with E-state index in [1.54, 1.807) is 13.0 Å². The lowest BCUT2D eigenvalue weighted by atomic mass is 9.56. The molecular formula is C20H28O4. The summed E-state index contributed by atoms with van der Waals surface area (Å²) in [6.45, 7) is 10.7. The molecule has 4 nitrogen and oxygen atoms in total. The van der Waals surface area contributed by atoms with E-state index < -0.39 is 0 Å². The highest BCUT2D eigenvalue weighted by atomic mass is 16.6. The third kappa shape index (κ3) is 2.75. The molecule has 2 aliphatic carbocycles. The largest absolute Gasteiger partial charge is 0.459 e. The van der Waals surface area contributed by atoms with E-state index in [1.165, 1.54) is 5.57 Å². The molecule has 1 saturated carbocycles. The lowest BCUT2D eigenvalue weighted by molar-refractivity contribution is -0.152. The summed E-state index contributed by atoms with van der Waals surface area (Å²) >= 11 is 0. The first-order chi connectivity index (χ1) is 11.2. The molecule has 0 amide bonds. The van der Waals surface area contributed by atoms with E-state index >= 15 is 0 Å². The van der Waals surface area contributed by atoms with E-state index in [4.69, 9.17) is 9.47 Å². The minimum atomic E-state index is -0.299. The topological polar surface area (TPSA) is 55.9 Å².